The van der Waals surface area contributed by atoms with Gasteiger partial charge >= 0.3 is 0 Å². The number of ether oxygens (including phenoxy) is 1. The highest BCUT2D eigenvalue weighted by Gasteiger charge is 2.13. The lowest BCUT2D eigenvalue weighted by Crippen LogP contribution is -2.35. The molecule has 1 unspecified atom stereocenters. The second-order valence-electron chi connectivity index (χ2n) is 4.47. The molecule has 112 valence electrons. The summed E-state index contributed by atoms with van der Waals surface area (Å²) in [7, 11) is 1.53. The Labute approximate surface area is 123 Å². The van der Waals surface area contributed by atoms with Gasteiger partial charge in [-0.3, -0.25) is 9.59 Å². The van der Waals surface area contributed by atoms with Crippen LogP contribution in [0.15, 0.2) is 18.2 Å². The minimum atomic E-state index is -0.466. The summed E-state index contributed by atoms with van der Waals surface area (Å²) in [4.78, 5) is 22.9. The number of carbonyl (C=O) groups is 2. The van der Waals surface area contributed by atoms with Crippen molar-refractivity contribution in [3.05, 3.63) is 29.3 Å². The van der Waals surface area contributed by atoms with Gasteiger partial charge in [-0.15, -0.1) is 0 Å². The van der Waals surface area contributed by atoms with Crippen molar-refractivity contribution in [2.75, 3.05) is 13.7 Å². The van der Waals surface area contributed by atoms with Gasteiger partial charge in [0, 0.05) is 18.0 Å². The number of nitrogens with two attached hydrogens (primary N) is 2. The molecule has 1 rings (SSSR count). The van der Waals surface area contributed by atoms with Gasteiger partial charge in [0.25, 0.3) is 5.91 Å². The van der Waals surface area contributed by atoms with Gasteiger partial charge in [0.2, 0.25) is 5.91 Å². The lowest BCUT2D eigenvalue weighted by molar-refractivity contribution is -0.118. The standard InChI is InChI=1S/C15H19N3O3/c1-10(8-14(17)19)18-15(20)12-5-6-13(21-2)11(9-12)4-3-7-16/h5-6,9-10H,7-8,16H2,1-2H3,(H2,17,19)(H,18,20). The Balaban J connectivity index is 2.92. The molecule has 0 saturated heterocycles. The topological polar surface area (TPSA) is 107 Å². The predicted molar refractivity (Wildman–Crippen MR) is 79.7 cm³/mol. The Morgan fingerprint density at radius 3 is 2.71 bits per heavy atom. The fraction of sp³-hybridized carbons (Fsp3) is 0.333. The average Bonchev–Trinajstić information content (AvgIpc) is 2.43. The van der Waals surface area contributed by atoms with Gasteiger partial charge in [-0.05, 0) is 25.1 Å². The average molecular weight is 289 g/mol. The molecule has 6 heteroatoms. The molecule has 0 aliphatic heterocycles. The number of rotatable bonds is 5. The van der Waals surface area contributed by atoms with Gasteiger partial charge in [0.05, 0.1) is 19.2 Å². The van der Waals surface area contributed by atoms with Crippen molar-refractivity contribution in [3.63, 3.8) is 0 Å². The molecule has 0 aromatic heterocycles. The zero-order chi connectivity index (χ0) is 15.8. The summed E-state index contributed by atoms with van der Waals surface area (Å²) in [5.74, 6) is 5.37. The third kappa shape index (κ3) is 5.16. The van der Waals surface area contributed by atoms with E-state index >= 15 is 0 Å². The lowest BCUT2D eigenvalue weighted by Gasteiger charge is -2.12. The smallest absolute Gasteiger partial charge is 0.251 e. The van der Waals surface area contributed by atoms with E-state index in [1.165, 1.54) is 7.11 Å². The Bertz CT molecular complexity index is 588. The number of benzene rings is 1. The van der Waals surface area contributed by atoms with E-state index in [4.69, 9.17) is 16.2 Å². The van der Waals surface area contributed by atoms with Crippen LogP contribution < -0.4 is 21.5 Å². The largest absolute Gasteiger partial charge is 0.495 e. The summed E-state index contributed by atoms with van der Waals surface area (Å²) < 4.78 is 5.17. The van der Waals surface area contributed by atoms with E-state index in [2.05, 4.69) is 17.2 Å². The van der Waals surface area contributed by atoms with E-state index in [0.717, 1.165) is 0 Å². The lowest BCUT2D eigenvalue weighted by atomic mass is 10.1. The van der Waals surface area contributed by atoms with E-state index < -0.39 is 5.91 Å². The molecule has 5 N–H and O–H groups in total. The Hall–Kier alpha value is -2.52. The van der Waals surface area contributed by atoms with Crippen molar-refractivity contribution in [1.82, 2.24) is 5.32 Å². The second-order valence-corrected chi connectivity index (χ2v) is 4.47. The molecule has 1 aromatic carbocycles. The summed E-state index contributed by atoms with van der Waals surface area (Å²) in [6.45, 7) is 1.93. The Kier molecular flexibility index (Phi) is 6.24. The molecule has 0 fully saturated rings. The van der Waals surface area contributed by atoms with Crippen LogP contribution >= 0.6 is 0 Å². The van der Waals surface area contributed by atoms with Crippen LogP contribution in [0.25, 0.3) is 0 Å². The summed E-state index contributed by atoms with van der Waals surface area (Å²) in [5, 5.41) is 2.69. The molecule has 21 heavy (non-hydrogen) atoms. The van der Waals surface area contributed by atoms with Crippen molar-refractivity contribution in [3.8, 4) is 17.6 Å². The normalized spacial score (nSPS) is 11.0. The van der Waals surface area contributed by atoms with Crippen LogP contribution in [0.2, 0.25) is 0 Å². The van der Waals surface area contributed by atoms with E-state index in [1.54, 1.807) is 25.1 Å². The number of primary amides is 1. The van der Waals surface area contributed by atoms with Gasteiger partial charge in [0.15, 0.2) is 0 Å². The molecule has 0 saturated carbocycles. The second kappa shape index (κ2) is 7.92. The fourth-order valence-corrected chi connectivity index (χ4v) is 1.75. The highest BCUT2D eigenvalue weighted by atomic mass is 16.5. The summed E-state index contributed by atoms with van der Waals surface area (Å²) in [5.41, 5.74) is 11.4. The summed E-state index contributed by atoms with van der Waals surface area (Å²) in [6, 6.07) is 4.57. The molecule has 0 aliphatic rings. The van der Waals surface area contributed by atoms with Crippen LogP contribution in [0.5, 0.6) is 5.75 Å². The number of carbonyl (C=O) groups excluding carboxylic acids is 2. The van der Waals surface area contributed by atoms with Gasteiger partial charge < -0.3 is 21.5 Å². The number of methoxy groups -OCH3 is 1. The van der Waals surface area contributed by atoms with E-state index in [-0.39, 0.29) is 24.9 Å². The first kappa shape index (κ1) is 16.5. The first-order valence-corrected chi connectivity index (χ1v) is 6.44. The van der Waals surface area contributed by atoms with Crippen LogP contribution in [0.3, 0.4) is 0 Å². The summed E-state index contributed by atoms with van der Waals surface area (Å²) >= 11 is 0. The molecule has 0 heterocycles. The highest BCUT2D eigenvalue weighted by Crippen LogP contribution is 2.19. The maximum atomic E-state index is 12.1. The van der Waals surface area contributed by atoms with Gasteiger partial charge in [-0.1, -0.05) is 11.8 Å². The third-order valence-electron chi connectivity index (χ3n) is 2.67. The van der Waals surface area contributed by atoms with E-state index in [0.29, 0.717) is 16.9 Å². The third-order valence-corrected chi connectivity index (χ3v) is 2.67. The first-order valence-electron chi connectivity index (χ1n) is 6.44. The summed E-state index contributed by atoms with van der Waals surface area (Å²) in [6.07, 6.45) is 0.0851. The maximum Gasteiger partial charge on any atom is 0.251 e. The van der Waals surface area contributed by atoms with Crippen LogP contribution in [0.1, 0.15) is 29.3 Å². The van der Waals surface area contributed by atoms with Crippen LogP contribution in [0.4, 0.5) is 0 Å². The monoisotopic (exact) mass is 289 g/mol. The van der Waals surface area contributed by atoms with Gasteiger partial charge in [-0.25, -0.2) is 0 Å². The first-order chi connectivity index (χ1) is 9.97. The van der Waals surface area contributed by atoms with Crippen molar-refractivity contribution in [2.45, 2.75) is 19.4 Å². The molecule has 6 nitrogen and oxygen atoms in total. The van der Waals surface area contributed by atoms with Crippen LogP contribution in [-0.4, -0.2) is 31.5 Å². The molecule has 0 spiro atoms. The van der Waals surface area contributed by atoms with Crippen LogP contribution in [-0.2, 0) is 4.79 Å². The quantitative estimate of drug-likeness (QED) is 0.663. The van der Waals surface area contributed by atoms with Crippen LogP contribution in [0, 0.1) is 11.8 Å². The van der Waals surface area contributed by atoms with E-state index in [1.807, 2.05) is 0 Å². The van der Waals surface area contributed by atoms with Crippen molar-refractivity contribution in [2.24, 2.45) is 11.5 Å². The van der Waals surface area contributed by atoms with Gasteiger partial charge in [0.1, 0.15) is 5.75 Å². The number of hydrogen-bond donors (Lipinski definition) is 3. The molecular formula is C15H19N3O3. The zero-order valence-corrected chi connectivity index (χ0v) is 12.1. The SMILES string of the molecule is COc1ccc(C(=O)NC(C)CC(N)=O)cc1C#CCN. The highest BCUT2D eigenvalue weighted by molar-refractivity contribution is 5.95. The van der Waals surface area contributed by atoms with E-state index in [9.17, 15) is 9.59 Å². The fourth-order valence-electron chi connectivity index (χ4n) is 1.75. The zero-order valence-electron chi connectivity index (χ0n) is 12.1. The Morgan fingerprint density at radius 2 is 2.14 bits per heavy atom. The van der Waals surface area contributed by atoms with Gasteiger partial charge in [-0.2, -0.15) is 0 Å². The number of hydrogen-bond acceptors (Lipinski definition) is 4. The molecular weight excluding hydrogens is 270 g/mol. The Morgan fingerprint density at radius 1 is 1.43 bits per heavy atom. The minimum Gasteiger partial charge on any atom is -0.495 e. The molecule has 0 bridgehead atoms. The molecule has 2 amide bonds. The van der Waals surface area contributed by atoms with Crippen molar-refractivity contribution >= 4 is 11.8 Å². The molecule has 1 aromatic rings. The number of nitrogens with one attached hydrogen (secondary N) is 1. The number of amides is 2. The van der Waals surface area contributed by atoms with Crippen molar-refractivity contribution < 1.29 is 14.3 Å². The molecule has 0 radical (unpaired) electrons. The maximum absolute atomic E-state index is 12.1. The molecule has 0 aliphatic carbocycles. The minimum absolute atomic E-state index is 0.0851. The predicted octanol–water partition coefficient (Wildman–Crippen LogP) is -0.000900. The molecule has 1 atom stereocenters. The van der Waals surface area contributed by atoms with Crippen molar-refractivity contribution in [1.29, 1.82) is 0 Å².